The zero-order valence-electron chi connectivity index (χ0n) is 39.3. The molecule has 0 bridgehead atoms. The van der Waals surface area contributed by atoms with Gasteiger partial charge in [-0.15, -0.1) is 0 Å². The number of aromatic amines is 1. The van der Waals surface area contributed by atoms with Crippen molar-refractivity contribution in [2.75, 3.05) is 62.0 Å². The van der Waals surface area contributed by atoms with Crippen LogP contribution in [0.5, 0.6) is 11.5 Å². The Bertz CT molecular complexity index is 3150. The number of nitrogens with zero attached hydrogens (tertiary/aromatic N) is 4. The molecular formula is C49H57ClF3N7O7S3. The Balaban J connectivity index is 1.02. The summed E-state index contributed by atoms with van der Waals surface area (Å²) in [4.78, 5) is 23.8. The number of sulfonamides is 1. The SMILES string of the molecule is CC1(C)CCC(CN2CCN(c3ccc(C(=O)NS(=O)(=O)c4ccc(NCC5CCC(N=S(C)(C)=O)CC5)c(S(=O)(=O)C(F)(F)F)c4)c(Oc4cnc5[nH]ccc5c4)c3)CC2)=C(c2ccc(Cl)cc2)C1. The van der Waals surface area contributed by atoms with Crippen LogP contribution in [-0.4, -0.2) is 105 Å². The Morgan fingerprint density at radius 2 is 1.64 bits per heavy atom. The van der Waals surface area contributed by atoms with E-state index in [0.29, 0.717) is 66.6 Å². The number of benzene rings is 3. The molecule has 2 fully saturated rings. The number of sulfone groups is 1. The van der Waals surface area contributed by atoms with Gasteiger partial charge in [0.25, 0.3) is 25.8 Å². The first-order valence-electron chi connectivity index (χ1n) is 23.0. The van der Waals surface area contributed by atoms with Gasteiger partial charge in [-0.25, -0.2) is 30.9 Å². The van der Waals surface area contributed by atoms with Crippen molar-refractivity contribution in [1.29, 1.82) is 0 Å². The minimum absolute atomic E-state index is 0.0209. The van der Waals surface area contributed by atoms with E-state index in [2.05, 4.69) is 55.4 Å². The molecule has 376 valence electrons. The number of aromatic nitrogens is 2. The molecule has 2 aliphatic carbocycles. The van der Waals surface area contributed by atoms with Gasteiger partial charge in [-0.1, -0.05) is 43.2 Å². The Kier molecular flexibility index (Phi) is 14.7. The Morgan fingerprint density at radius 1 is 0.929 bits per heavy atom. The number of allylic oxidation sites excluding steroid dienone is 1. The lowest BCUT2D eigenvalue weighted by Gasteiger charge is -2.39. The maximum Gasteiger partial charge on any atom is 0.501 e. The van der Waals surface area contributed by atoms with Crippen molar-refractivity contribution in [3.8, 4) is 11.5 Å². The van der Waals surface area contributed by atoms with Crippen molar-refractivity contribution in [2.45, 2.75) is 80.1 Å². The van der Waals surface area contributed by atoms with E-state index >= 15 is 0 Å². The van der Waals surface area contributed by atoms with Crippen LogP contribution in [0.3, 0.4) is 0 Å². The summed E-state index contributed by atoms with van der Waals surface area (Å²) in [6.07, 6.45) is 11.7. The van der Waals surface area contributed by atoms with Crippen LogP contribution >= 0.6 is 11.6 Å². The summed E-state index contributed by atoms with van der Waals surface area (Å²) < 4.78 is 121. The van der Waals surface area contributed by atoms with Gasteiger partial charge in [-0.05, 0) is 122 Å². The minimum Gasteiger partial charge on any atom is -0.455 e. The Hall–Kier alpha value is -5.15. The highest BCUT2D eigenvalue weighted by Gasteiger charge is 2.48. The van der Waals surface area contributed by atoms with Gasteiger partial charge in [0.05, 0.1) is 28.4 Å². The largest absolute Gasteiger partial charge is 0.501 e. The van der Waals surface area contributed by atoms with Crippen LogP contribution in [0.4, 0.5) is 24.5 Å². The highest BCUT2D eigenvalue weighted by molar-refractivity contribution is 7.92. The summed E-state index contributed by atoms with van der Waals surface area (Å²) in [6, 6.07) is 18.4. The molecule has 1 amide bonds. The van der Waals surface area contributed by atoms with Crippen LogP contribution in [0.15, 0.2) is 105 Å². The quantitative estimate of drug-likeness (QED) is 0.0963. The number of nitrogens with one attached hydrogen (secondary N) is 3. The normalized spacial score (nSPS) is 19.5. The monoisotopic (exact) mass is 1040 g/mol. The number of rotatable bonds is 14. The molecule has 5 aromatic rings. The molecule has 3 aliphatic rings. The van der Waals surface area contributed by atoms with Crippen molar-refractivity contribution in [3.63, 3.8) is 0 Å². The Labute approximate surface area is 412 Å². The van der Waals surface area contributed by atoms with Crippen LogP contribution in [0, 0.1) is 11.3 Å². The highest BCUT2D eigenvalue weighted by atomic mass is 35.5. The molecule has 1 saturated heterocycles. The molecule has 0 radical (unpaired) electrons. The molecule has 0 atom stereocenters. The smallest absolute Gasteiger partial charge is 0.455 e. The number of anilines is 2. The fraction of sp³-hybridized carbons (Fsp3) is 0.429. The molecule has 1 saturated carbocycles. The third-order valence-corrected chi connectivity index (χ3v) is 17.1. The summed E-state index contributed by atoms with van der Waals surface area (Å²) in [5, 5.41) is 4.19. The molecular weight excluding hydrogens is 987 g/mol. The molecule has 1 aliphatic heterocycles. The van der Waals surface area contributed by atoms with Gasteiger partial charge >= 0.3 is 5.51 Å². The van der Waals surface area contributed by atoms with Crippen molar-refractivity contribution >= 4 is 75.1 Å². The third kappa shape index (κ3) is 12.1. The average molecular weight is 1040 g/mol. The molecule has 8 rings (SSSR count). The number of ether oxygens (including phenoxy) is 1. The predicted molar refractivity (Wildman–Crippen MR) is 268 cm³/mol. The van der Waals surface area contributed by atoms with Crippen LogP contribution in [0.2, 0.25) is 5.02 Å². The van der Waals surface area contributed by atoms with Gasteiger partial charge in [0.1, 0.15) is 22.0 Å². The van der Waals surface area contributed by atoms with Crippen LogP contribution in [-0.2, 0) is 29.6 Å². The van der Waals surface area contributed by atoms with Gasteiger partial charge in [0.15, 0.2) is 0 Å². The second kappa shape index (κ2) is 20.2. The number of fused-ring (bicyclic) bond motifs is 1. The number of hydrogen-bond acceptors (Lipinski definition) is 12. The van der Waals surface area contributed by atoms with Crippen molar-refractivity contribution in [2.24, 2.45) is 15.7 Å². The Morgan fingerprint density at radius 3 is 2.33 bits per heavy atom. The van der Waals surface area contributed by atoms with E-state index in [9.17, 15) is 39.0 Å². The zero-order valence-corrected chi connectivity index (χ0v) is 42.5. The summed E-state index contributed by atoms with van der Waals surface area (Å²) in [5.41, 5.74) is -1.00. The number of pyridine rings is 1. The van der Waals surface area contributed by atoms with Crippen molar-refractivity contribution in [3.05, 3.63) is 107 Å². The number of hydrogen-bond donors (Lipinski definition) is 3. The first-order valence-corrected chi connectivity index (χ1v) is 28.7. The van der Waals surface area contributed by atoms with Crippen molar-refractivity contribution in [1.82, 2.24) is 19.6 Å². The molecule has 0 unspecified atom stereocenters. The number of H-pyrrole nitrogens is 1. The molecule has 70 heavy (non-hydrogen) atoms. The maximum absolute atomic E-state index is 14.1. The number of carbonyl (C=O) groups is 1. The molecule has 3 heterocycles. The number of piperazine rings is 1. The zero-order chi connectivity index (χ0) is 50.2. The van der Waals surface area contributed by atoms with Gasteiger partial charge < -0.3 is 19.9 Å². The van der Waals surface area contributed by atoms with Crippen LogP contribution in [0.25, 0.3) is 16.6 Å². The van der Waals surface area contributed by atoms with Gasteiger partial charge in [-0.3, -0.25) is 13.9 Å². The lowest BCUT2D eigenvalue weighted by Crippen LogP contribution is -2.47. The molecule has 3 aromatic carbocycles. The highest BCUT2D eigenvalue weighted by Crippen LogP contribution is 2.44. The standard InChI is InChI=1S/C49H57ClF3N7O7S3/c1-48(2)19-17-35(42(28-48)33-7-9-36(50)10-8-33)31-59-21-23-60(24-22-59)38-13-15-41(44(26-38)67-39-25-34-18-20-54-46(34)56-30-39)47(61)58-70(65,66)40-14-16-43(45(27-40)69(63,64)49(51,52)53)55-29-32-5-11-37(12-6-32)57-68(3,4)62/h7-10,13-16,18,20,25-27,30,32,37,55H,5-6,11-12,17,19,21-24,28-29,31H2,1-4H3,(H,54,56)(H,58,61). The first kappa shape index (κ1) is 51.2. The predicted octanol–water partition coefficient (Wildman–Crippen LogP) is 9.90. The van der Waals surface area contributed by atoms with Crippen molar-refractivity contribution < 1.29 is 43.7 Å². The van der Waals surface area contributed by atoms with E-state index in [1.165, 1.54) is 29.0 Å². The fourth-order valence-corrected chi connectivity index (χ4v) is 12.5. The van der Waals surface area contributed by atoms with E-state index < -0.39 is 56.5 Å². The first-order chi connectivity index (χ1) is 32.9. The van der Waals surface area contributed by atoms with Crippen LogP contribution < -0.4 is 19.7 Å². The van der Waals surface area contributed by atoms with E-state index in [4.69, 9.17) is 16.3 Å². The molecule has 2 aromatic heterocycles. The molecule has 21 heteroatoms. The number of alkyl halides is 3. The van der Waals surface area contributed by atoms with E-state index in [0.717, 1.165) is 51.0 Å². The second-order valence-electron chi connectivity index (χ2n) is 19.4. The molecule has 0 spiro atoms. The summed E-state index contributed by atoms with van der Waals surface area (Å²) in [6.45, 7) is 8.27. The number of halogens is 4. The summed E-state index contributed by atoms with van der Waals surface area (Å²) in [7, 11) is -13.4. The maximum atomic E-state index is 14.1. The van der Waals surface area contributed by atoms with Gasteiger partial charge in [-0.2, -0.15) is 13.2 Å². The lowest BCUT2D eigenvalue weighted by atomic mass is 9.72. The third-order valence-electron chi connectivity index (χ3n) is 13.2. The van der Waals surface area contributed by atoms with Gasteiger partial charge in [0, 0.05) is 89.9 Å². The average Bonchev–Trinajstić information content (AvgIpc) is 3.77. The van der Waals surface area contributed by atoms with E-state index in [1.807, 2.05) is 16.9 Å². The summed E-state index contributed by atoms with van der Waals surface area (Å²) in [5.74, 6) is -1.02. The van der Waals surface area contributed by atoms with Crippen LogP contribution in [0.1, 0.15) is 74.7 Å². The van der Waals surface area contributed by atoms with E-state index in [1.54, 1.807) is 43.0 Å². The lowest BCUT2D eigenvalue weighted by molar-refractivity contribution is -0.0435. The molecule has 14 nitrogen and oxygen atoms in total. The number of carbonyl (C=O) groups excluding carboxylic acids is 1. The fourth-order valence-electron chi connectivity index (χ4n) is 9.45. The second-order valence-corrected chi connectivity index (χ2v) is 26.0. The minimum atomic E-state index is -6.08. The number of amides is 1. The van der Waals surface area contributed by atoms with E-state index in [-0.39, 0.29) is 41.0 Å². The molecule has 3 N–H and O–H groups in total. The van der Waals surface area contributed by atoms with Gasteiger partial charge in [0.2, 0.25) is 0 Å². The topological polar surface area (TPSA) is 183 Å². The summed E-state index contributed by atoms with van der Waals surface area (Å²) >= 11 is 6.24.